The maximum absolute atomic E-state index is 9.26. The summed E-state index contributed by atoms with van der Waals surface area (Å²) >= 11 is 5.96. The zero-order valence-electron chi connectivity index (χ0n) is 10.8. The van der Waals surface area contributed by atoms with Crippen molar-refractivity contribution in [3.63, 3.8) is 0 Å². The predicted molar refractivity (Wildman–Crippen MR) is 73.3 cm³/mol. The van der Waals surface area contributed by atoms with Crippen LogP contribution in [0.1, 0.15) is 19.4 Å². The van der Waals surface area contributed by atoms with Gasteiger partial charge in [0.05, 0.1) is 6.61 Å². The van der Waals surface area contributed by atoms with Crippen LogP contribution in [0.5, 0.6) is 5.75 Å². The lowest BCUT2D eigenvalue weighted by Gasteiger charge is -2.22. The molecule has 100 valence electrons. The van der Waals surface area contributed by atoms with Crippen molar-refractivity contribution in [3.05, 3.63) is 28.8 Å². The average Bonchev–Trinajstić information content (AvgIpc) is 2.71. The molecular weight excluding hydrogens is 250 g/mol. The first-order chi connectivity index (χ1) is 8.60. The van der Waals surface area contributed by atoms with Gasteiger partial charge in [-0.2, -0.15) is 0 Å². The molecule has 18 heavy (non-hydrogen) atoms. The summed E-state index contributed by atoms with van der Waals surface area (Å²) < 4.78 is 5.83. The van der Waals surface area contributed by atoms with Crippen molar-refractivity contribution in [3.8, 4) is 5.75 Å². The molecule has 1 unspecified atom stereocenters. The van der Waals surface area contributed by atoms with Crippen LogP contribution in [0.25, 0.3) is 0 Å². The lowest BCUT2D eigenvalue weighted by molar-refractivity contribution is 0.178. The molecule has 2 rings (SSSR count). The molecule has 0 saturated carbocycles. The van der Waals surface area contributed by atoms with E-state index in [2.05, 4.69) is 19.2 Å². The number of ether oxygens (including phenoxy) is 1. The van der Waals surface area contributed by atoms with Gasteiger partial charge in [-0.3, -0.25) is 0 Å². The van der Waals surface area contributed by atoms with E-state index < -0.39 is 0 Å². The third-order valence-corrected chi connectivity index (χ3v) is 3.61. The van der Waals surface area contributed by atoms with Gasteiger partial charge in [0.25, 0.3) is 0 Å². The number of aliphatic hydroxyl groups is 1. The number of halogens is 1. The van der Waals surface area contributed by atoms with E-state index >= 15 is 0 Å². The molecule has 0 radical (unpaired) electrons. The standard InChI is InChI=1S/C14H20ClNO2/c1-9(2)13(8-17)16-7-12-6-10-5-11(15)3-4-14(10)18-12/h3-5,9,12-13,16-17H,6-8H2,1-2H3/t12?,13-/m1/s1. The lowest BCUT2D eigenvalue weighted by atomic mass is 10.0. The Labute approximate surface area is 113 Å². The van der Waals surface area contributed by atoms with Crippen LogP contribution in [-0.4, -0.2) is 30.4 Å². The molecule has 0 fully saturated rings. The summed E-state index contributed by atoms with van der Waals surface area (Å²) in [7, 11) is 0. The Balaban J connectivity index is 1.88. The van der Waals surface area contributed by atoms with E-state index in [1.807, 2.05) is 18.2 Å². The molecule has 0 saturated heterocycles. The third kappa shape index (κ3) is 3.16. The van der Waals surface area contributed by atoms with Gasteiger partial charge in [0.15, 0.2) is 0 Å². The van der Waals surface area contributed by atoms with Gasteiger partial charge >= 0.3 is 0 Å². The van der Waals surface area contributed by atoms with Gasteiger partial charge < -0.3 is 15.2 Å². The molecule has 0 aliphatic carbocycles. The van der Waals surface area contributed by atoms with Gasteiger partial charge in [0, 0.05) is 24.0 Å². The Morgan fingerprint density at radius 2 is 2.28 bits per heavy atom. The zero-order valence-corrected chi connectivity index (χ0v) is 11.6. The molecule has 4 heteroatoms. The van der Waals surface area contributed by atoms with Gasteiger partial charge in [-0.15, -0.1) is 0 Å². The number of rotatable bonds is 5. The number of fused-ring (bicyclic) bond motifs is 1. The third-order valence-electron chi connectivity index (χ3n) is 3.37. The van der Waals surface area contributed by atoms with Crippen LogP contribution in [0, 0.1) is 5.92 Å². The smallest absolute Gasteiger partial charge is 0.123 e. The van der Waals surface area contributed by atoms with E-state index in [1.54, 1.807) is 0 Å². The Kier molecular flexibility index (Phi) is 4.49. The van der Waals surface area contributed by atoms with E-state index in [1.165, 1.54) is 5.56 Å². The minimum atomic E-state index is 0.126. The molecule has 0 spiro atoms. The van der Waals surface area contributed by atoms with E-state index in [9.17, 15) is 5.11 Å². The van der Waals surface area contributed by atoms with Gasteiger partial charge in [0.2, 0.25) is 0 Å². The number of aliphatic hydroxyl groups excluding tert-OH is 1. The van der Waals surface area contributed by atoms with Crippen molar-refractivity contribution in [1.29, 1.82) is 0 Å². The summed E-state index contributed by atoms with van der Waals surface area (Å²) in [5, 5.41) is 13.4. The van der Waals surface area contributed by atoms with Crippen molar-refractivity contribution >= 4 is 11.6 Å². The van der Waals surface area contributed by atoms with Crippen molar-refractivity contribution in [2.24, 2.45) is 5.92 Å². The molecule has 3 nitrogen and oxygen atoms in total. The first-order valence-electron chi connectivity index (χ1n) is 6.39. The second-order valence-electron chi connectivity index (χ2n) is 5.14. The summed E-state index contributed by atoms with van der Waals surface area (Å²) in [6.45, 7) is 5.09. The monoisotopic (exact) mass is 269 g/mol. The second kappa shape index (κ2) is 5.91. The quantitative estimate of drug-likeness (QED) is 0.862. The van der Waals surface area contributed by atoms with Gasteiger partial charge in [-0.25, -0.2) is 0 Å². The van der Waals surface area contributed by atoms with E-state index in [4.69, 9.17) is 16.3 Å². The van der Waals surface area contributed by atoms with Crippen LogP contribution in [0.4, 0.5) is 0 Å². The van der Waals surface area contributed by atoms with Crippen molar-refractivity contribution in [2.75, 3.05) is 13.2 Å². The van der Waals surface area contributed by atoms with E-state index in [0.29, 0.717) is 5.92 Å². The molecule has 2 atom stereocenters. The van der Waals surface area contributed by atoms with Crippen LogP contribution in [-0.2, 0) is 6.42 Å². The van der Waals surface area contributed by atoms with E-state index in [-0.39, 0.29) is 18.8 Å². The normalized spacial score (nSPS) is 19.7. The molecule has 1 aliphatic rings. The summed E-state index contributed by atoms with van der Waals surface area (Å²) in [5.41, 5.74) is 1.17. The Bertz CT molecular complexity index is 409. The highest BCUT2D eigenvalue weighted by molar-refractivity contribution is 6.30. The maximum atomic E-state index is 9.26. The lowest BCUT2D eigenvalue weighted by Crippen LogP contribution is -2.42. The molecule has 0 amide bonds. The van der Waals surface area contributed by atoms with Crippen molar-refractivity contribution in [2.45, 2.75) is 32.4 Å². The molecule has 1 aromatic carbocycles. The van der Waals surface area contributed by atoms with Crippen LogP contribution >= 0.6 is 11.6 Å². The molecule has 1 heterocycles. The van der Waals surface area contributed by atoms with Crippen LogP contribution in [0.3, 0.4) is 0 Å². The van der Waals surface area contributed by atoms with Crippen LogP contribution < -0.4 is 10.1 Å². The number of nitrogens with one attached hydrogen (secondary N) is 1. The number of benzene rings is 1. The summed E-state index contributed by atoms with van der Waals surface area (Å²) in [6.07, 6.45) is 1.00. The minimum absolute atomic E-state index is 0.126. The molecule has 0 aromatic heterocycles. The van der Waals surface area contributed by atoms with E-state index in [0.717, 1.165) is 23.7 Å². The summed E-state index contributed by atoms with van der Waals surface area (Å²) in [5.74, 6) is 1.34. The Hall–Kier alpha value is -0.770. The number of hydrogen-bond acceptors (Lipinski definition) is 3. The highest BCUT2D eigenvalue weighted by Crippen LogP contribution is 2.30. The molecule has 0 bridgehead atoms. The van der Waals surface area contributed by atoms with Crippen LogP contribution in [0.15, 0.2) is 18.2 Å². The Morgan fingerprint density at radius 1 is 1.50 bits per heavy atom. The SMILES string of the molecule is CC(C)[C@@H](CO)NCC1Cc2cc(Cl)ccc2O1. The minimum Gasteiger partial charge on any atom is -0.488 e. The molecule has 2 N–H and O–H groups in total. The maximum Gasteiger partial charge on any atom is 0.123 e. The highest BCUT2D eigenvalue weighted by Gasteiger charge is 2.24. The molecule has 1 aromatic rings. The zero-order chi connectivity index (χ0) is 13.1. The van der Waals surface area contributed by atoms with Crippen molar-refractivity contribution < 1.29 is 9.84 Å². The number of hydrogen-bond donors (Lipinski definition) is 2. The fourth-order valence-corrected chi connectivity index (χ4v) is 2.39. The average molecular weight is 270 g/mol. The summed E-state index contributed by atoms with van der Waals surface area (Å²) in [6, 6.07) is 5.86. The summed E-state index contributed by atoms with van der Waals surface area (Å²) in [4.78, 5) is 0. The molecule has 1 aliphatic heterocycles. The highest BCUT2D eigenvalue weighted by atomic mass is 35.5. The van der Waals surface area contributed by atoms with Gasteiger partial charge in [-0.05, 0) is 29.7 Å². The first kappa shape index (κ1) is 13.7. The van der Waals surface area contributed by atoms with Gasteiger partial charge in [0.1, 0.15) is 11.9 Å². The predicted octanol–water partition coefficient (Wildman–Crippen LogP) is 2.25. The topological polar surface area (TPSA) is 41.5 Å². The second-order valence-corrected chi connectivity index (χ2v) is 5.57. The fraction of sp³-hybridized carbons (Fsp3) is 0.571. The Morgan fingerprint density at radius 3 is 2.94 bits per heavy atom. The fourth-order valence-electron chi connectivity index (χ4n) is 2.20. The van der Waals surface area contributed by atoms with Gasteiger partial charge in [-0.1, -0.05) is 25.4 Å². The van der Waals surface area contributed by atoms with Crippen molar-refractivity contribution in [1.82, 2.24) is 5.32 Å². The van der Waals surface area contributed by atoms with Crippen LogP contribution in [0.2, 0.25) is 5.02 Å². The molecular formula is C14H20ClNO2. The first-order valence-corrected chi connectivity index (χ1v) is 6.77. The largest absolute Gasteiger partial charge is 0.488 e.